The standard InChI is InChI=1S/C22H25FN4O5S/c1-14(2)22-25-20(26-32-22)11-15-5-8-17(9-6-15)24-21(28)13-27(3)33(29,30)19-12-16(23)7-10-18(19)31-4/h5-10,12,14H,11,13H2,1-4H3,(H,24,28). The van der Waals surface area contributed by atoms with Crippen LogP contribution in [0.1, 0.15) is 37.0 Å². The van der Waals surface area contributed by atoms with E-state index in [1.807, 2.05) is 13.8 Å². The van der Waals surface area contributed by atoms with Gasteiger partial charge in [0.05, 0.1) is 13.7 Å². The molecule has 0 bridgehead atoms. The lowest BCUT2D eigenvalue weighted by molar-refractivity contribution is -0.116. The van der Waals surface area contributed by atoms with Gasteiger partial charge in [0.1, 0.15) is 16.5 Å². The first-order valence-corrected chi connectivity index (χ1v) is 11.5. The number of sulfonamides is 1. The third kappa shape index (κ3) is 5.93. The number of aromatic nitrogens is 2. The van der Waals surface area contributed by atoms with Crippen LogP contribution >= 0.6 is 0 Å². The normalized spacial score (nSPS) is 11.7. The molecule has 0 saturated heterocycles. The van der Waals surface area contributed by atoms with Crippen LogP contribution in [0, 0.1) is 5.82 Å². The number of hydrogen-bond donors (Lipinski definition) is 1. The zero-order chi connectivity index (χ0) is 24.2. The quantitative estimate of drug-likeness (QED) is 0.504. The Morgan fingerprint density at radius 2 is 1.91 bits per heavy atom. The van der Waals surface area contributed by atoms with E-state index in [1.54, 1.807) is 24.3 Å². The van der Waals surface area contributed by atoms with Crippen LogP contribution in [0.15, 0.2) is 51.9 Å². The van der Waals surface area contributed by atoms with Gasteiger partial charge in [0.2, 0.25) is 21.8 Å². The number of methoxy groups -OCH3 is 1. The highest BCUT2D eigenvalue weighted by Crippen LogP contribution is 2.27. The van der Waals surface area contributed by atoms with Gasteiger partial charge in [0.25, 0.3) is 0 Å². The molecule has 0 aliphatic carbocycles. The summed E-state index contributed by atoms with van der Waals surface area (Å²) in [6.07, 6.45) is 0.473. The average Bonchev–Trinajstić information content (AvgIpc) is 3.24. The van der Waals surface area contributed by atoms with Crippen LogP contribution in [-0.2, 0) is 21.2 Å². The van der Waals surface area contributed by atoms with Crippen LogP contribution < -0.4 is 10.1 Å². The second-order valence-electron chi connectivity index (χ2n) is 7.68. The SMILES string of the molecule is COc1ccc(F)cc1S(=O)(=O)N(C)CC(=O)Nc1ccc(Cc2noc(C(C)C)n2)cc1. The molecule has 1 N–H and O–H groups in total. The van der Waals surface area contributed by atoms with E-state index in [-0.39, 0.29) is 16.6 Å². The smallest absolute Gasteiger partial charge is 0.247 e. The van der Waals surface area contributed by atoms with Crippen molar-refractivity contribution in [2.45, 2.75) is 31.1 Å². The van der Waals surface area contributed by atoms with Gasteiger partial charge < -0.3 is 14.6 Å². The first-order valence-electron chi connectivity index (χ1n) is 10.1. The number of amides is 1. The van der Waals surface area contributed by atoms with Gasteiger partial charge in [0.15, 0.2) is 5.82 Å². The second kappa shape index (κ2) is 10.1. The molecule has 33 heavy (non-hydrogen) atoms. The van der Waals surface area contributed by atoms with Crippen LogP contribution in [0.3, 0.4) is 0 Å². The molecule has 0 aliphatic rings. The number of nitrogens with zero attached hydrogens (tertiary/aromatic N) is 3. The van der Waals surface area contributed by atoms with Crippen molar-refractivity contribution in [2.24, 2.45) is 0 Å². The highest BCUT2D eigenvalue weighted by atomic mass is 32.2. The van der Waals surface area contributed by atoms with Crippen molar-refractivity contribution in [1.82, 2.24) is 14.4 Å². The molecule has 0 radical (unpaired) electrons. The molecule has 1 heterocycles. The van der Waals surface area contributed by atoms with E-state index in [2.05, 4.69) is 15.5 Å². The molecule has 3 rings (SSSR count). The summed E-state index contributed by atoms with van der Waals surface area (Å²) in [4.78, 5) is 16.4. The molecule has 11 heteroatoms. The maximum atomic E-state index is 13.6. The van der Waals surface area contributed by atoms with Gasteiger partial charge in [-0.3, -0.25) is 4.79 Å². The molecule has 0 atom stereocenters. The number of likely N-dealkylation sites (N-methyl/N-ethyl adjacent to an activating group) is 1. The van der Waals surface area contributed by atoms with Crippen molar-refractivity contribution in [3.05, 3.63) is 65.6 Å². The van der Waals surface area contributed by atoms with E-state index < -0.39 is 28.3 Å². The van der Waals surface area contributed by atoms with Gasteiger partial charge in [-0.15, -0.1) is 0 Å². The molecular weight excluding hydrogens is 451 g/mol. The first kappa shape index (κ1) is 24.3. The van der Waals surface area contributed by atoms with Crippen molar-refractivity contribution < 1.29 is 26.9 Å². The third-order valence-corrected chi connectivity index (χ3v) is 6.58. The topological polar surface area (TPSA) is 115 Å². The lowest BCUT2D eigenvalue weighted by atomic mass is 10.1. The summed E-state index contributed by atoms with van der Waals surface area (Å²) >= 11 is 0. The number of hydrogen-bond acceptors (Lipinski definition) is 7. The largest absolute Gasteiger partial charge is 0.495 e. The molecule has 0 fully saturated rings. The minimum Gasteiger partial charge on any atom is -0.495 e. The summed E-state index contributed by atoms with van der Waals surface area (Å²) in [5.41, 5.74) is 1.41. The third-order valence-electron chi connectivity index (χ3n) is 4.76. The Morgan fingerprint density at radius 1 is 1.21 bits per heavy atom. The van der Waals surface area contributed by atoms with Crippen LogP contribution in [0.25, 0.3) is 0 Å². The van der Waals surface area contributed by atoms with Crippen LogP contribution in [0.4, 0.5) is 10.1 Å². The number of halogens is 1. The number of ether oxygens (including phenoxy) is 1. The fourth-order valence-corrected chi connectivity index (χ4v) is 4.26. The number of carbonyl (C=O) groups is 1. The van der Waals surface area contributed by atoms with Crippen LogP contribution in [0.5, 0.6) is 5.75 Å². The van der Waals surface area contributed by atoms with Crippen molar-refractivity contribution >= 4 is 21.6 Å². The van der Waals surface area contributed by atoms with Crippen molar-refractivity contribution in [2.75, 3.05) is 26.0 Å². The first-order chi connectivity index (χ1) is 15.6. The Morgan fingerprint density at radius 3 is 2.52 bits per heavy atom. The lowest BCUT2D eigenvalue weighted by Crippen LogP contribution is -2.35. The lowest BCUT2D eigenvalue weighted by Gasteiger charge is -2.18. The van der Waals surface area contributed by atoms with Gasteiger partial charge >= 0.3 is 0 Å². The molecule has 1 aromatic heterocycles. The van der Waals surface area contributed by atoms with E-state index in [9.17, 15) is 17.6 Å². The van der Waals surface area contributed by atoms with E-state index in [1.165, 1.54) is 20.2 Å². The molecule has 0 unspecified atom stereocenters. The molecular formula is C22H25FN4O5S. The minimum absolute atomic E-state index is 0.0126. The summed E-state index contributed by atoms with van der Waals surface area (Å²) in [6, 6.07) is 10.2. The summed E-state index contributed by atoms with van der Waals surface area (Å²) in [7, 11) is -1.64. The van der Waals surface area contributed by atoms with Crippen molar-refractivity contribution in [3.8, 4) is 5.75 Å². The maximum Gasteiger partial charge on any atom is 0.247 e. The molecule has 0 aliphatic heterocycles. The fraction of sp³-hybridized carbons (Fsp3) is 0.318. The number of rotatable bonds is 9. The zero-order valence-electron chi connectivity index (χ0n) is 18.7. The van der Waals surface area contributed by atoms with Gasteiger partial charge in [-0.1, -0.05) is 31.1 Å². The van der Waals surface area contributed by atoms with Crippen LogP contribution in [0.2, 0.25) is 0 Å². The average molecular weight is 477 g/mol. The van der Waals surface area contributed by atoms with Gasteiger partial charge in [-0.25, -0.2) is 12.8 Å². The molecule has 9 nitrogen and oxygen atoms in total. The molecule has 0 saturated carbocycles. The predicted molar refractivity (Wildman–Crippen MR) is 119 cm³/mol. The minimum atomic E-state index is -4.15. The molecule has 176 valence electrons. The summed E-state index contributed by atoms with van der Waals surface area (Å²) in [5, 5.41) is 6.60. The Bertz CT molecular complexity index is 1230. The number of nitrogens with one attached hydrogen (secondary N) is 1. The molecule has 3 aromatic rings. The van der Waals surface area contributed by atoms with Gasteiger partial charge in [0, 0.05) is 25.1 Å². The Balaban J connectivity index is 1.62. The Labute approximate surface area is 191 Å². The summed E-state index contributed by atoms with van der Waals surface area (Å²) in [6.45, 7) is 3.46. The monoisotopic (exact) mass is 476 g/mol. The van der Waals surface area contributed by atoms with Gasteiger partial charge in [-0.05, 0) is 35.9 Å². The van der Waals surface area contributed by atoms with E-state index in [0.29, 0.717) is 23.8 Å². The van der Waals surface area contributed by atoms with Gasteiger partial charge in [-0.2, -0.15) is 9.29 Å². The van der Waals surface area contributed by atoms with E-state index in [4.69, 9.17) is 9.26 Å². The zero-order valence-corrected chi connectivity index (χ0v) is 19.5. The van der Waals surface area contributed by atoms with Crippen LogP contribution in [-0.4, -0.2) is 49.5 Å². The Kier molecular flexibility index (Phi) is 7.44. The molecule has 1 amide bonds. The van der Waals surface area contributed by atoms with Crippen molar-refractivity contribution in [1.29, 1.82) is 0 Å². The Hall–Kier alpha value is -3.31. The maximum absolute atomic E-state index is 13.6. The molecule has 0 spiro atoms. The highest BCUT2D eigenvalue weighted by Gasteiger charge is 2.27. The van der Waals surface area contributed by atoms with E-state index >= 15 is 0 Å². The molecule has 2 aromatic carbocycles. The van der Waals surface area contributed by atoms with E-state index in [0.717, 1.165) is 22.0 Å². The number of anilines is 1. The highest BCUT2D eigenvalue weighted by molar-refractivity contribution is 7.89. The number of benzene rings is 2. The fourth-order valence-electron chi connectivity index (χ4n) is 2.97. The summed E-state index contributed by atoms with van der Waals surface area (Å²) < 4.78 is 50.2. The predicted octanol–water partition coefficient (Wildman–Crippen LogP) is 3.19. The summed E-state index contributed by atoms with van der Waals surface area (Å²) in [5.74, 6) is -0.00874. The number of carbonyl (C=O) groups excluding carboxylic acids is 1. The second-order valence-corrected chi connectivity index (χ2v) is 9.69. The van der Waals surface area contributed by atoms with Crippen molar-refractivity contribution in [3.63, 3.8) is 0 Å².